The van der Waals surface area contributed by atoms with Gasteiger partial charge in [0, 0.05) is 23.9 Å². The highest BCUT2D eigenvalue weighted by atomic mass is 32.2. The lowest BCUT2D eigenvalue weighted by Crippen LogP contribution is -2.48. The van der Waals surface area contributed by atoms with E-state index in [1.54, 1.807) is 0 Å². The molecular weight excluding hydrogens is 272 g/mol. The van der Waals surface area contributed by atoms with E-state index < -0.39 is 0 Å². The van der Waals surface area contributed by atoms with Gasteiger partial charge in [-0.05, 0) is 57.1 Å². The predicted octanol–water partition coefficient (Wildman–Crippen LogP) is 2.51. The Balaban J connectivity index is 1.67. The van der Waals surface area contributed by atoms with E-state index in [0.717, 1.165) is 38.5 Å². The van der Waals surface area contributed by atoms with Crippen LogP contribution in [0.2, 0.25) is 0 Å². The number of aliphatic hydroxyl groups is 1. The van der Waals surface area contributed by atoms with Gasteiger partial charge in [-0.2, -0.15) is 11.8 Å². The molecule has 0 aliphatic heterocycles. The first-order valence-electron chi connectivity index (χ1n) is 7.92. The van der Waals surface area contributed by atoms with Crippen LogP contribution in [-0.2, 0) is 0 Å². The molecule has 0 aromatic heterocycles. The highest BCUT2D eigenvalue weighted by Crippen LogP contribution is 2.27. The molecule has 2 atom stereocenters. The van der Waals surface area contributed by atoms with Crippen LogP contribution in [-0.4, -0.2) is 41.3 Å². The SMILES string of the molecule is CSC1CCCC(NC(=O)NC2CCC(CO)CC2)C1. The van der Waals surface area contributed by atoms with Crippen molar-refractivity contribution in [2.45, 2.75) is 68.7 Å². The Morgan fingerprint density at radius 3 is 2.45 bits per heavy atom. The second-order valence-electron chi connectivity index (χ2n) is 6.24. The van der Waals surface area contributed by atoms with Crippen molar-refractivity contribution in [3.63, 3.8) is 0 Å². The zero-order valence-corrected chi connectivity index (χ0v) is 13.3. The summed E-state index contributed by atoms with van der Waals surface area (Å²) in [5, 5.41) is 16.1. The molecule has 4 nitrogen and oxygen atoms in total. The van der Waals surface area contributed by atoms with Crippen LogP contribution >= 0.6 is 11.8 Å². The van der Waals surface area contributed by atoms with Crippen LogP contribution in [0.1, 0.15) is 51.4 Å². The topological polar surface area (TPSA) is 61.4 Å². The van der Waals surface area contributed by atoms with E-state index in [2.05, 4.69) is 16.9 Å². The molecule has 2 amide bonds. The lowest BCUT2D eigenvalue weighted by molar-refractivity contribution is 0.173. The van der Waals surface area contributed by atoms with Gasteiger partial charge in [-0.25, -0.2) is 4.79 Å². The molecule has 2 rings (SSSR count). The van der Waals surface area contributed by atoms with Gasteiger partial charge in [0.2, 0.25) is 0 Å². The van der Waals surface area contributed by atoms with Gasteiger partial charge in [0.1, 0.15) is 0 Å². The molecule has 0 aromatic rings. The molecule has 0 bridgehead atoms. The molecule has 2 unspecified atom stereocenters. The maximum atomic E-state index is 12.0. The van der Waals surface area contributed by atoms with Gasteiger partial charge in [-0.3, -0.25) is 0 Å². The van der Waals surface area contributed by atoms with Crippen molar-refractivity contribution in [2.24, 2.45) is 5.92 Å². The van der Waals surface area contributed by atoms with E-state index in [0.29, 0.717) is 17.2 Å². The standard InChI is InChI=1S/C15H28N2O2S/c1-20-14-4-2-3-13(9-14)17-15(19)16-12-7-5-11(10-18)6-8-12/h11-14,18H,2-10H2,1H3,(H2,16,17,19). The largest absolute Gasteiger partial charge is 0.396 e. The number of hydrogen-bond acceptors (Lipinski definition) is 3. The van der Waals surface area contributed by atoms with Gasteiger partial charge >= 0.3 is 6.03 Å². The van der Waals surface area contributed by atoms with Crippen LogP contribution in [0.5, 0.6) is 0 Å². The highest BCUT2D eigenvalue weighted by molar-refractivity contribution is 7.99. The predicted molar refractivity (Wildman–Crippen MR) is 84.1 cm³/mol. The van der Waals surface area contributed by atoms with E-state index in [-0.39, 0.29) is 18.7 Å². The first-order valence-corrected chi connectivity index (χ1v) is 9.20. The average molecular weight is 300 g/mol. The van der Waals surface area contributed by atoms with Crippen molar-refractivity contribution in [1.29, 1.82) is 0 Å². The molecular formula is C15H28N2O2S. The fraction of sp³-hybridized carbons (Fsp3) is 0.933. The lowest BCUT2D eigenvalue weighted by Gasteiger charge is -2.31. The second kappa shape index (κ2) is 8.13. The third-order valence-electron chi connectivity index (χ3n) is 4.73. The van der Waals surface area contributed by atoms with Gasteiger partial charge < -0.3 is 15.7 Å². The summed E-state index contributed by atoms with van der Waals surface area (Å²) >= 11 is 1.92. The summed E-state index contributed by atoms with van der Waals surface area (Å²) in [6, 6.07) is 0.636. The number of carbonyl (C=O) groups excluding carboxylic acids is 1. The minimum absolute atomic E-state index is 0.00389. The third kappa shape index (κ3) is 4.85. The Kier molecular flexibility index (Phi) is 6.49. The molecule has 0 radical (unpaired) electrons. The average Bonchev–Trinajstić information content (AvgIpc) is 2.48. The number of carbonyl (C=O) groups is 1. The number of amides is 2. The normalized spacial score (nSPS) is 34.5. The molecule has 2 fully saturated rings. The maximum absolute atomic E-state index is 12.0. The number of hydrogen-bond donors (Lipinski definition) is 3. The van der Waals surface area contributed by atoms with Crippen molar-refractivity contribution >= 4 is 17.8 Å². The fourth-order valence-corrected chi connectivity index (χ4v) is 4.22. The molecule has 2 aliphatic rings. The van der Waals surface area contributed by atoms with Crippen molar-refractivity contribution in [3.05, 3.63) is 0 Å². The van der Waals surface area contributed by atoms with Crippen LogP contribution in [0.3, 0.4) is 0 Å². The van der Waals surface area contributed by atoms with Crippen LogP contribution < -0.4 is 10.6 Å². The number of urea groups is 1. The maximum Gasteiger partial charge on any atom is 0.315 e. The number of aliphatic hydroxyl groups excluding tert-OH is 1. The van der Waals surface area contributed by atoms with Gasteiger partial charge in [-0.1, -0.05) is 6.42 Å². The van der Waals surface area contributed by atoms with Gasteiger partial charge in [0.05, 0.1) is 0 Å². The Bertz CT molecular complexity index is 306. The summed E-state index contributed by atoms with van der Waals surface area (Å²) in [6.45, 7) is 0.289. The minimum atomic E-state index is 0.00389. The first kappa shape index (κ1) is 16.0. The molecule has 20 heavy (non-hydrogen) atoms. The van der Waals surface area contributed by atoms with E-state index >= 15 is 0 Å². The smallest absolute Gasteiger partial charge is 0.315 e. The summed E-state index contributed by atoms with van der Waals surface area (Å²) in [5.41, 5.74) is 0. The fourth-order valence-electron chi connectivity index (χ4n) is 3.39. The van der Waals surface area contributed by atoms with Crippen molar-refractivity contribution in [3.8, 4) is 0 Å². The molecule has 5 heteroatoms. The molecule has 3 N–H and O–H groups in total. The van der Waals surface area contributed by atoms with Crippen LogP contribution in [0, 0.1) is 5.92 Å². The van der Waals surface area contributed by atoms with Gasteiger partial charge in [0.15, 0.2) is 0 Å². The van der Waals surface area contributed by atoms with E-state index in [1.165, 1.54) is 12.8 Å². The number of nitrogens with one attached hydrogen (secondary N) is 2. The molecule has 116 valence electrons. The summed E-state index contributed by atoms with van der Waals surface area (Å²) in [4.78, 5) is 12.0. The van der Waals surface area contributed by atoms with Crippen molar-refractivity contribution in [2.75, 3.05) is 12.9 Å². The van der Waals surface area contributed by atoms with Gasteiger partial charge in [0.25, 0.3) is 0 Å². The molecule has 2 aliphatic carbocycles. The third-order valence-corrected chi connectivity index (χ3v) is 5.83. The molecule has 0 saturated heterocycles. The minimum Gasteiger partial charge on any atom is -0.396 e. The van der Waals surface area contributed by atoms with Crippen LogP contribution in [0.4, 0.5) is 4.79 Å². The Morgan fingerprint density at radius 1 is 1.10 bits per heavy atom. The Morgan fingerprint density at radius 2 is 1.80 bits per heavy atom. The summed E-state index contributed by atoms with van der Waals surface area (Å²) < 4.78 is 0. The Hall–Kier alpha value is -0.420. The van der Waals surface area contributed by atoms with Gasteiger partial charge in [-0.15, -0.1) is 0 Å². The van der Waals surface area contributed by atoms with Crippen molar-refractivity contribution in [1.82, 2.24) is 10.6 Å². The summed E-state index contributed by atoms with van der Waals surface area (Å²) in [7, 11) is 0. The Labute approximate surface area is 126 Å². The number of rotatable bonds is 4. The monoisotopic (exact) mass is 300 g/mol. The van der Waals surface area contributed by atoms with E-state index in [4.69, 9.17) is 5.11 Å². The quantitative estimate of drug-likeness (QED) is 0.747. The van der Waals surface area contributed by atoms with Crippen molar-refractivity contribution < 1.29 is 9.90 Å². The zero-order chi connectivity index (χ0) is 14.4. The highest BCUT2D eigenvalue weighted by Gasteiger charge is 2.25. The number of thioether (sulfide) groups is 1. The molecule has 0 heterocycles. The van der Waals surface area contributed by atoms with E-state index in [1.807, 2.05) is 11.8 Å². The zero-order valence-electron chi connectivity index (χ0n) is 12.4. The molecule has 2 saturated carbocycles. The van der Waals surface area contributed by atoms with E-state index in [9.17, 15) is 4.79 Å². The van der Waals surface area contributed by atoms with Crippen LogP contribution in [0.25, 0.3) is 0 Å². The summed E-state index contributed by atoms with van der Waals surface area (Å²) in [5.74, 6) is 0.441. The first-order chi connectivity index (χ1) is 9.71. The van der Waals surface area contributed by atoms with Crippen LogP contribution in [0.15, 0.2) is 0 Å². The summed E-state index contributed by atoms with van der Waals surface area (Å²) in [6.07, 6.45) is 10.9. The second-order valence-corrected chi connectivity index (χ2v) is 7.38. The molecule has 0 aromatic carbocycles. The lowest BCUT2D eigenvalue weighted by atomic mass is 9.86. The molecule has 0 spiro atoms.